The van der Waals surface area contributed by atoms with Crippen LogP contribution < -0.4 is 19.4 Å². The summed E-state index contributed by atoms with van der Waals surface area (Å²) in [6.07, 6.45) is -0.330. The average molecular weight is 594 g/mol. The van der Waals surface area contributed by atoms with Crippen molar-refractivity contribution < 1.29 is 33.6 Å². The molecule has 2 aliphatic rings. The van der Waals surface area contributed by atoms with Gasteiger partial charge in [0.1, 0.15) is 17.4 Å². The van der Waals surface area contributed by atoms with Crippen molar-refractivity contribution in [2.45, 2.75) is 25.5 Å². The zero-order chi connectivity index (χ0) is 30.8. The Morgan fingerprint density at radius 3 is 2.25 bits per heavy atom. The van der Waals surface area contributed by atoms with Crippen LogP contribution in [0.1, 0.15) is 35.3 Å². The third-order valence-corrected chi connectivity index (χ3v) is 7.42. The van der Waals surface area contributed by atoms with Crippen LogP contribution in [0.25, 0.3) is 0 Å². The van der Waals surface area contributed by atoms with E-state index < -0.39 is 40.8 Å². The van der Waals surface area contributed by atoms with Crippen LogP contribution in [0.3, 0.4) is 0 Å². The molecule has 2 aliphatic heterocycles. The number of carbonyl (C=O) groups excluding carboxylic acids is 3. The van der Waals surface area contributed by atoms with E-state index in [0.29, 0.717) is 34.9 Å². The van der Waals surface area contributed by atoms with E-state index in [0.717, 1.165) is 11.3 Å². The molecule has 0 bridgehead atoms. The second-order valence-electron chi connectivity index (χ2n) is 10.3. The first kappa shape index (κ1) is 28.6. The third-order valence-electron chi connectivity index (χ3n) is 7.42. The van der Waals surface area contributed by atoms with Crippen molar-refractivity contribution in [2.75, 3.05) is 16.6 Å². The maximum atomic E-state index is 13.9. The summed E-state index contributed by atoms with van der Waals surface area (Å²) < 4.78 is 11.1. The topological polar surface area (TPSA) is 129 Å². The minimum absolute atomic E-state index is 0.172. The highest BCUT2D eigenvalue weighted by Crippen LogP contribution is 2.48. The van der Waals surface area contributed by atoms with E-state index in [-0.39, 0.29) is 11.4 Å². The van der Waals surface area contributed by atoms with Crippen LogP contribution in [0.4, 0.5) is 17.1 Å². The first-order valence-electron chi connectivity index (χ1n) is 14.0. The predicted molar refractivity (Wildman–Crippen MR) is 159 cm³/mol. The number of fused-ring (bicyclic) bond motifs is 1. The molecule has 0 saturated carbocycles. The highest BCUT2D eigenvalue weighted by Gasteiger charge is 2.60. The molecule has 0 spiro atoms. The smallest absolute Gasteiger partial charge is 0.343 e. The van der Waals surface area contributed by atoms with Gasteiger partial charge in [-0.3, -0.25) is 24.5 Å². The molecule has 11 heteroatoms. The lowest BCUT2D eigenvalue weighted by Crippen LogP contribution is -2.37. The molecule has 0 aliphatic carbocycles. The number of anilines is 2. The summed E-state index contributed by atoms with van der Waals surface area (Å²) in [5.74, 6) is -1.61. The zero-order valence-corrected chi connectivity index (χ0v) is 23.6. The monoisotopic (exact) mass is 593 g/mol. The molecular formula is C33H27N3O8. The Hall–Kier alpha value is -5.55. The molecule has 2 fully saturated rings. The van der Waals surface area contributed by atoms with Crippen molar-refractivity contribution in [3.8, 4) is 11.5 Å². The van der Waals surface area contributed by atoms with Crippen LogP contribution in [-0.2, 0) is 14.4 Å². The summed E-state index contributed by atoms with van der Waals surface area (Å²) in [5, 5.41) is 12.9. The first-order valence-corrected chi connectivity index (χ1v) is 14.0. The van der Waals surface area contributed by atoms with Gasteiger partial charge in [-0.05, 0) is 66.6 Å². The fraction of sp³-hybridized carbons (Fsp3) is 0.182. The van der Waals surface area contributed by atoms with Gasteiger partial charge in [-0.1, -0.05) is 43.3 Å². The van der Waals surface area contributed by atoms with E-state index in [4.69, 9.17) is 14.3 Å². The standard InChI is InChI=1S/C33H27N3O8/c1-2-19-42-26-17-13-23(14-18-26)34-31(37)28-29(21-11-15-27(16-12-21)43-33(39)22-7-4-3-5-8-22)35(44-30(28)32(34)38)24-9-6-10-25(20-24)36(40)41/h3-18,20,28-30H,2,19H2,1H3/t28-,29-,30+/m1/s1. The number of imide groups is 1. The lowest BCUT2D eigenvalue weighted by atomic mass is 9.90. The van der Waals surface area contributed by atoms with Gasteiger partial charge in [0.25, 0.3) is 11.6 Å². The Morgan fingerprint density at radius 1 is 0.864 bits per heavy atom. The van der Waals surface area contributed by atoms with Crippen LogP contribution in [-0.4, -0.2) is 35.4 Å². The molecular weight excluding hydrogens is 566 g/mol. The Balaban J connectivity index is 1.32. The summed E-state index contributed by atoms with van der Waals surface area (Å²) in [6.45, 7) is 2.53. The SMILES string of the molecule is CCCOc1ccc(N2C(=O)[C@H]3[C@H](ON(c4cccc([N+](=O)[O-])c4)[C@@H]3c3ccc(OC(=O)c4ccccc4)cc3)C2=O)cc1. The molecule has 2 amide bonds. The molecule has 0 N–H and O–H groups in total. The molecule has 2 heterocycles. The van der Waals surface area contributed by atoms with Crippen LogP contribution in [0, 0.1) is 16.0 Å². The van der Waals surface area contributed by atoms with Gasteiger partial charge < -0.3 is 9.47 Å². The minimum Gasteiger partial charge on any atom is -0.494 e. The molecule has 0 unspecified atom stereocenters. The molecule has 4 aromatic rings. The highest BCUT2D eigenvalue weighted by molar-refractivity contribution is 6.24. The van der Waals surface area contributed by atoms with Gasteiger partial charge in [0.15, 0.2) is 6.10 Å². The molecule has 0 aromatic heterocycles. The van der Waals surface area contributed by atoms with E-state index in [1.807, 2.05) is 6.92 Å². The van der Waals surface area contributed by atoms with Crippen molar-refractivity contribution in [1.29, 1.82) is 0 Å². The van der Waals surface area contributed by atoms with Gasteiger partial charge in [0, 0.05) is 12.1 Å². The minimum atomic E-state index is -1.17. The number of nitrogens with zero attached hydrogens (tertiary/aromatic N) is 3. The summed E-state index contributed by atoms with van der Waals surface area (Å²) in [4.78, 5) is 58.4. The average Bonchev–Trinajstić information content (AvgIpc) is 3.56. The number of hydrogen-bond acceptors (Lipinski definition) is 9. The van der Waals surface area contributed by atoms with E-state index in [1.54, 1.807) is 84.9 Å². The molecule has 44 heavy (non-hydrogen) atoms. The molecule has 4 aromatic carbocycles. The maximum Gasteiger partial charge on any atom is 0.343 e. The number of nitro groups is 1. The Kier molecular flexibility index (Phi) is 7.78. The van der Waals surface area contributed by atoms with Gasteiger partial charge in [-0.2, -0.15) is 0 Å². The van der Waals surface area contributed by atoms with Gasteiger partial charge in [0.05, 0.1) is 34.5 Å². The fourth-order valence-electron chi connectivity index (χ4n) is 5.36. The number of rotatable bonds is 9. The van der Waals surface area contributed by atoms with E-state index in [2.05, 4.69) is 0 Å². The predicted octanol–water partition coefficient (Wildman–Crippen LogP) is 5.65. The molecule has 222 valence electrons. The Morgan fingerprint density at radius 2 is 1.57 bits per heavy atom. The summed E-state index contributed by atoms with van der Waals surface area (Å²) in [5.41, 5.74) is 1.48. The van der Waals surface area contributed by atoms with Crippen molar-refractivity contribution in [3.05, 3.63) is 124 Å². The Bertz CT molecular complexity index is 1710. The third kappa shape index (κ3) is 5.36. The lowest BCUT2D eigenvalue weighted by Gasteiger charge is -2.28. The number of esters is 1. The summed E-state index contributed by atoms with van der Waals surface area (Å²) >= 11 is 0. The second kappa shape index (κ2) is 12.0. The van der Waals surface area contributed by atoms with Crippen molar-refractivity contribution in [3.63, 3.8) is 0 Å². The van der Waals surface area contributed by atoms with Crippen LogP contribution in [0.15, 0.2) is 103 Å². The number of benzene rings is 4. The molecule has 3 atom stereocenters. The van der Waals surface area contributed by atoms with Gasteiger partial charge >= 0.3 is 5.97 Å². The van der Waals surface area contributed by atoms with E-state index >= 15 is 0 Å². The van der Waals surface area contributed by atoms with Crippen LogP contribution in [0.2, 0.25) is 0 Å². The maximum absolute atomic E-state index is 13.9. The Labute approximate surface area is 252 Å². The number of non-ortho nitro benzene ring substituents is 1. The number of amides is 2. The quantitative estimate of drug-likeness (QED) is 0.0794. The van der Waals surface area contributed by atoms with Crippen LogP contribution in [0.5, 0.6) is 11.5 Å². The van der Waals surface area contributed by atoms with Gasteiger partial charge in [-0.15, -0.1) is 0 Å². The van der Waals surface area contributed by atoms with Gasteiger partial charge in [-0.25, -0.2) is 14.8 Å². The molecule has 6 rings (SSSR count). The summed E-state index contributed by atoms with van der Waals surface area (Å²) in [7, 11) is 0. The lowest BCUT2D eigenvalue weighted by molar-refractivity contribution is -0.384. The van der Waals surface area contributed by atoms with E-state index in [1.165, 1.54) is 23.3 Å². The fourth-order valence-corrected chi connectivity index (χ4v) is 5.36. The second-order valence-corrected chi connectivity index (χ2v) is 10.3. The number of nitro benzene ring substituents is 1. The van der Waals surface area contributed by atoms with Gasteiger partial charge in [0.2, 0.25) is 5.91 Å². The molecule has 0 radical (unpaired) electrons. The van der Waals surface area contributed by atoms with Crippen molar-refractivity contribution in [1.82, 2.24) is 0 Å². The number of carbonyl (C=O) groups is 3. The molecule has 2 saturated heterocycles. The zero-order valence-electron chi connectivity index (χ0n) is 23.6. The highest BCUT2D eigenvalue weighted by atomic mass is 16.7. The van der Waals surface area contributed by atoms with Crippen LogP contribution >= 0.6 is 0 Å². The number of hydroxylamine groups is 1. The number of hydrogen-bond donors (Lipinski definition) is 0. The summed E-state index contributed by atoms with van der Waals surface area (Å²) in [6, 6.07) is 26.7. The first-order chi connectivity index (χ1) is 21.4. The van der Waals surface area contributed by atoms with E-state index in [9.17, 15) is 24.5 Å². The largest absolute Gasteiger partial charge is 0.494 e. The van der Waals surface area contributed by atoms with Crippen molar-refractivity contribution >= 4 is 34.8 Å². The normalized spacial score (nSPS) is 19.2. The number of ether oxygens (including phenoxy) is 2. The van der Waals surface area contributed by atoms with Crippen molar-refractivity contribution in [2.24, 2.45) is 5.92 Å². The molecule has 11 nitrogen and oxygen atoms in total.